The van der Waals surface area contributed by atoms with E-state index >= 15 is 0 Å². The summed E-state index contributed by atoms with van der Waals surface area (Å²) in [5.74, 6) is 1.90. The molecule has 0 radical (unpaired) electrons. The number of benzene rings is 2. The third-order valence-corrected chi connectivity index (χ3v) is 5.91. The maximum absolute atomic E-state index is 12.4. The highest BCUT2D eigenvalue weighted by Crippen LogP contribution is 2.29. The number of rotatable bonds is 5. The first kappa shape index (κ1) is 19.9. The van der Waals surface area contributed by atoms with E-state index in [1.165, 1.54) is 17.4 Å². The molecule has 0 aliphatic carbocycles. The average Bonchev–Trinajstić information content (AvgIpc) is 3.52. The van der Waals surface area contributed by atoms with Gasteiger partial charge in [-0.3, -0.25) is 4.79 Å². The summed E-state index contributed by atoms with van der Waals surface area (Å²) in [4.78, 5) is 13.2. The minimum Gasteiger partial charge on any atom is -0.457 e. The fourth-order valence-electron chi connectivity index (χ4n) is 3.30. The van der Waals surface area contributed by atoms with Gasteiger partial charge in [-0.2, -0.15) is 9.61 Å². The van der Waals surface area contributed by atoms with Gasteiger partial charge in [-0.1, -0.05) is 41.7 Å². The Morgan fingerprint density at radius 1 is 1.03 bits per heavy atom. The lowest BCUT2D eigenvalue weighted by Crippen LogP contribution is -2.08. The van der Waals surface area contributed by atoms with Gasteiger partial charge < -0.3 is 9.73 Å². The van der Waals surface area contributed by atoms with Crippen LogP contribution in [-0.4, -0.2) is 25.7 Å². The van der Waals surface area contributed by atoms with Crippen molar-refractivity contribution in [2.75, 3.05) is 5.32 Å². The van der Waals surface area contributed by atoms with Crippen molar-refractivity contribution in [3.63, 3.8) is 0 Å². The van der Waals surface area contributed by atoms with E-state index < -0.39 is 0 Å². The number of hydrogen-bond donors (Lipinski definition) is 1. The van der Waals surface area contributed by atoms with Crippen LogP contribution < -0.4 is 5.32 Å². The molecule has 7 nitrogen and oxygen atoms in total. The number of anilines is 1. The summed E-state index contributed by atoms with van der Waals surface area (Å²) in [5.41, 5.74) is 3.64. The van der Waals surface area contributed by atoms with E-state index in [2.05, 4.69) is 20.6 Å². The molecule has 3 heterocycles. The van der Waals surface area contributed by atoms with E-state index in [0.29, 0.717) is 5.76 Å². The lowest BCUT2D eigenvalue weighted by atomic mass is 10.1. The summed E-state index contributed by atoms with van der Waals surface area (Å²) in [7, 11) is 0. The Kier molecular flexibility index (Phi) is 5.12. The minimum atomic E-state index is -0.229. The lowest BCUT2D eigenvalue weighted by Gasteiger charge is -2.07. The Hall–Kier alpha value is -4.04. The van der Waals surface area contributed by atoms with Crippen molar-refractivity contribution >= 4 is 34.0 Å². The largest absolute Gasteiger partial charge is 0.457 e. The first-order chi connectivity index (χ1) is 15.6. The third kappa shape index (κ3) is 3.95. The molecule has 3 aromatic heterocycles. The number of nitrogens with zero attached hydrogens (tertiary/aromatic N) is 4. The molecule has 0 fully saturated rings. The second-order valence-electron chi connectivity index (χ2n) is 7.27. The molecule has 0 spiro atoms. The Labute approximate surface area is 188 Å². The zero-order valence-corrected chi connectivity index (χ0v) is 18.3. The van der Waals surface area contributed by atoms with Crippen molar-refractivity contribution in [2.45, 2.75) is 13.8 Å². The molecule has 5 aromatic rings. The Balaban J connectivity index is 1.27. The molecule has 0 aliphatic rings. The summed E-state index contributed by atoms with van der Waals surface area (Å²) in [6.45, 7) is 3.82. The van der Waals surface area contributed by atoms with E-state index in [1.807, 2.05) is 74.5 Å². The van der Waals surface area contributed by atoms with Crippen molar-refractivity contribution in [2.24, 2.45) is 0 Å². The molecular formula is C24H19N5O2S. The van der Waals surface area contributed by atoms with Crippen molar-refractivity contribution in [1.29, 1.82) is 0 Å². The molecule has 0 atom stereocenters. The molecular weight excluding hydrogens is 422 g/mol. The fraction of sp³-hybridized carbons (Fsp3) is 0.0833. The number of aromatic nitrogens is 4. The van der Waals surface area contributed by atoms with E-state index in [9.17, 15) is 4.79 Å². The van der Waals surface area contributed by atoms with Crippen LogP contribution in [0.4, 0.5) is 5.69 Å². The summed E-state index contributed by atoms with van der Waals surface area (Å²) >= 11 is 1.48. The topological polar surface area (TPSA) is 85.3 Å². The number of nitrogens with one attached hydrogen (secondary N) is 1. The third-order valence-electron chi connectivity index (χ3n) is 4.96. The quantitative estimate of drug-likeness (QED) is 0.370. The number of hydrogen-bond acceptors (Lipinski definition) is 6. The Morgan fingerprint density at radius 3 is 2.66 bits per heavy atom. The second-order valence-corrected chi connectivity index (χ2v) is 8.23. The molecule has 158 valence electrons. The van der Waals surface area contributed by atoms with Crippen LogP contribution in [0.2, 0.25) is 0 Å². The molecule has 0 aliphatic heterocycles. The highest BCUT2D eigenvalue weighted by molar-refractivity contribution is 7.19. The molecule has 0 bridgehead atoms. The molecule has 5 rings (SSSR count). The average molecular weight is 442 g/mol. The van der Waals surface area contributed by atoms with Crippen molar-refractivity contribution in [1.82, 2.24) is 19.8 Å². The number of carbonyl (C=O) groups excluding carboxylic acids is 1. The van der Waals surface area contributed by atoms with Gasteiger partial charge in [-0.05, 0) is 55.8 Å². The van der Waals surface area contributed by atoms with E-state index in [1.54, 1.807) is 10.6 Å². The molecule has 32 heavy (non-hydrogen) atoms. The van der Waals surface area contributed by atoms with E-state index in [0.717, 1.165) is 43.9 Å². The van der Waals surface area contributed by atoms with Crippen molar-refractivity contribution in [3.8, 4) is 21.9 Å². The van der Waals surface area contributed by atoms with Crippen LogP contribution in [-0.2, 0) is 4.79 Å². The second kappa shape index (κ2) is 8.24. The lowest BCUT2D eigenvalue weighted by molar-refractivity contribution is -0.111. The van der Waals surface area contributed by atoms with Crippen LogP contribution in [0.15, 0.2) is 71.2 Å². The number of amides is 1. The van der Waals surface area contributed by atoms with Crippen LogP contribution in [0.5, 0.6) is 0 Å². The summed E-state index contributed by atoms with van der Waals surface area (Å²) in [6.07, 6.45) is 3.12. The standard InChI is InChI=1S/C24H19N5O2S/c1-15-14-18(23-28-29-16(2)26-27-24(29)32-23)8-11-20(15)25-22(30)13-10-19-9-12-21(31-19)17-6-4-3-5-7-17/h3-14H,1-2H3,(H,25,30)/b13-10+. The Bertz CT molecular complexity index is 1450. The zero-order valence-electron chi connectivity index (χ0n) is 17.4. The van der Waals surface area contributed by atoms with Gasteiger partial charge in [0.25, 0.3) is 0 Å². The number of furan rings is 1. The zero-order chi connectivity index (χ0) is 22.1. The summed E-state index contributed by atoms with van der Waals surface area (Å²) in [6, 6.07) is 19.4. The van der Waals surface area contributed by atoms with E-state index in [-0.39, 0.29) is 5.91 Å². The van der Waals surface area contributed by atoms with Gasteiger partial charge in [-0.15, -0.1) is 10.2 Å². The van der Waals surface area contributed by atoms with Crippen LogP contribution >= 0.6 is 11.3 Å². The van der Waals surface area contributed by atoms with Crippen molar-refractivity contribution < 1.29 is 9.21 Å². The van der Waals surface area contributed by atoms with E-state index in [4.69, 9.17) is 4.42 Å². The maximum atomic E-state index is 12.4. The first-order valence-electron chi connectivity index (χ1n) is 10.0. The fourth-order valence-corrected chi connectivity index (χ4v) is 4.18. The highest BCUT2D eigenvalue weighted by Gasteiger charge is 2.12. The van der Waals surface area contributed by atoms with Crippen LogP contribution in [0.3, 0.4) is 0 Å². The molecule has 0 saturated carbocycles. The van der Waals surface area contributed by atoms with Crippen molar-refractivity contribution in [3.05, 3.63) is 83.9 Å². The van der Waals surface area contributed by atoms with Gasteiger partial charge >= 0.3 is 0 Å². The Morgan fingerprint density at radius 2 is 1.88 bits per heavy atom. The summed E-state index contributed by atoms with van der Waals surface area (Å²) in [5, 5.41) is 16.4. The SMILES string of the molecule is Cc1cc(-c2nn3c(C)nnc3s2)ccc1NC(=O)/C=C/c1ccc(-c2ccccc2)o1. The number of aryl methyl sites for hydroxylation is 2. The molecule has 1 amide bonds. The van der Waals surface area contributed by atoms with Gasteiger partial charge in [0.15, 0.2) is 5.82 Å². The van der Waals surface area contributed by atoms with Crippen LogP contribution in [0, 0.1) is 13.8 Å². The van der Waals surface area contributed by atoms with Gasteiger partial charge in [0.1, 0.15) is 16.5 Å². The van der Waals surface area contributed by atoms with Gasteiger partial charge in [-0.25, -0.2) is 0 Å². The predicted molar refractivity (Wildman–Crippen MR) is 125 cm³/mol. The number of carbonyl (C=O) groups is 1. The molecule has 1 N–H and O–H groups in total. The highest BCUT2D eigenvalue weighted by atomic mass is 32.1. The predicted octanol–water partition coefficient (Wildman–Crippen LogP) is 5.38. The van der Waals surface area contributed by atoms with Crippen LogP contribution in [0.25, 0.3) is 32.9 Å². The van der Waals surface area contributed by atoms with Crippen LogP contribution in [0.1, 0.15) is 17.1 Å². The number of fused-ring (bicyclic) bond motifs is 1. The summed E-state index contributed by atoms with van der Waals surface area (Å²) < 4.78 is 7.53. The monoisotopic (exact) mass is 441 g/mol. The van der Waals surface area contributed by atoms with Gasteiger partial charge in [0, 0.05) is 22.9 Å². The normalized spacial score (nSPS) is 11.4. The molecule has 2 aromatic carbocycles. The van der Waals surface area contributed by atoms with Gasteiger partial charge in [0.2, 0.25) is 10.9 Å². The molecule has 8 heteroatoms. The smallest absolute Gasteiger partial charge is 0.248 e. The molecule has 0 saturated heterocycles. The first-order valence-corrected chi connectivity index (χ1v) is 10.8. The minimum absolute atomic E-state index is 0.229. The maximum Gasteiger partial charge on any atom is 0.248 e. The molecule has 0 unspecified atom stereocenters. The van der Waals surface area contributed by atoms with Gasteiger partial charge in [0.05, 0.1) is 0 Å².